The van der Waals surface area contributed by atoms with E-state index in [1.165, 1.54) is 4.31 Å². The molecule has 10 nitrogen and oxygen atoms in total. The molecule has 0 aliphatic rings. The van der Waals surface area contributed by atoms with Gasteiger partial charge in [-0.1, -0.05) is 80.9 Å². The first-order valence-electron chi connectivity index (χ1n) is 14.6. The van der Waals surface area contributed by atoms with Gasteiger partial charge in [0.2, 0.25) is 5.91 Å². The van der Waals surface area contributed by atoms with Gasteiger partial charge in [0.25, 0.3) is 0 Å². The molecule has 2 aromatic carbocycles. The van der Waals surface area contributed by atoms with Gasteiger partial charge in [-0.2, -0.15) is 0 Å². The van der Waals surface area contributed by atoms with E-state index in [0.29, 0.717) is 32.4 Å². The van der Waals surface area contributed by atoms with Gasteiger partial charge in [0.15, 0.2) is 0 Å². The van der Waals surface area contributed by atoms with Gasteiger partial charge >= 0.3 is 6.03 Å². The number of benzene rings is 2. The summed E-state index contributed by atoms with van der Waals surface area (Å²) in [6.45, 7) is 4.50. The second kappa shape index (κ2) is 18.1. The van der Waals surface area contributed by atoms with Gasteiger partial charge in [0.05, 0.1) is 6.61 Å². The molecule has 1 heterocycles. The van der Waals surface area contributed by atoms with Crippen molar-refractivity contribution in [2.24, 2.45) is 5.92 Å². The molecule has 0 aliphatic heterocycles. The van der Waals surface area contributed by atoms with Gasteiger partial charge < -0.3 is 25.6 Å². The smallest absolute Gasteiger partial charge is 0.315 e. The number of pyridine rings is 1. The van der Waals surface area contributed by atoms with Crippen LogP contribution >= 0.6 is 0 Å². The van der Waals surface area contributed by atoms with Crippen LogP contribution in [0.5, 0.6) is 0 Å². The van der Waals surface area contributed by atoms with Crippen LogP contribution < -0.4 is 16.0 Å². The summed E-state index contributed by atoms with van der Waals surface area (Å²) >= 11 is -2.43. The molecule has 0 saturated heterocycles. The van der Waals surface area contributed by atoms with E-state index in [1.807, 2.05) is 74.5 Å². The molecule has 232 valence electrons. The van der Waals surface area contributed by atoms with Crippen molar-refractivity contribution in [1.82, 2.24) is 25.2 Å². The number of hydrogen-bond donors (Lipinski definition) is 4. The van der Waals surface area contributed by atoms with Gasteiger partial charge in [-0.15, -0.1) is 0 Å². The van der Waals surface area contributed by atoms with Crippen molar-refractivity contribution < 1.29 is 23.5 Å². The number of rotatable bonds is 17. The van der Waals surface area contributed by atoms with Crippen LogP contribution in [-0.4, -0.2) is 66.9 Å². The van der Waals surface area contributed by atoms with Crippen molar-refractivity contribution in [3.8, 4) is 0 Å². The molecule has 0 fully saturated rings. The molecular weight excluding hydrogens is 566 g/mol. The third-order valence-corrected chi connectivity index (χ3v) is 7.87. The van der Waals surface area contributed by atoms with Crippen molar-refractivity contribution in [3.63, 3.8) is 0 Å². The van der Waals surface area contributed by atoms with E-state index in [1.54, 1.807) is 24.5 Å². The van der Waals surface area contributed by atoms with E-state index in [0.717, 1.165) is 16.7 Å². The van der Waals surface area contributed by atoms with E-state index in [-0.39, 0.29) is 25.0 Å². The number of aromatic nitrogens is 1. The minimum absolute atomic E-state index is 0.125. The summed E-state index contributed by atoms with van der Waals surface area (Å²) in [6, 6.07) is 20.9. The first-order valence-corrected chi connectivity index (χ1v) is 15.6. The Morgan fingerprint density at radius 2 is 1.53 bits per heavy atom. The largest absolute Gasteiger partial charge is 0.760 e. The molecule has 3 atom stereocenters. The maximum absolute atomic E-state index is 13.7. The number of amides is 3. The Bertz CT molecular complexity index is 1230. The number of unbranched alkanes of at least 4 members (excludes halogenated alkanes) is 1. The standard InChI is InChI=1S/C32H43N5O5S/c1-24(2)22-37(43(41)42)28(23-38)15-9-10-18-34-31(39)30(36-32(40)35-21-25-16-19-33-20-17-25)29(26-11-5-3-6-12-26)27-13-7-4-8-14-27/h3-8,11-14,16-17,19-20,24,28-30,38H,9-10,15,18,21-23H2,1-2H3,(H,34,39)(H,41,42)(H2,35,36,40)/p-1. The predicted molar refractivity (Wildman–Crippen MR) is 166 cm³/mol. The molecule has 0 bridgehead atoms. The molecule has 0 saturated carbocycles. The first-order chi connectivity index (χ1) is 20.8. The van der Waals surface area contributed by atoms with Crippen LogP contribution in [-0.2, 0) is 22.6 Å². The highest BCUT2D eigenvalue weighted by Gasteiger charge is 2.32. The van der Waals surface area contributed by atoms with Gasteiger partial charge in [-0.05, 0) is 47.6 Å². The average Bonchev–Trinajstić information content (AvgIpc) is 3.02. The summed E-state index contributed by atoms with van der Waals surface area (Å²) in [5.74, 6) is -0.665. The Balaban J connectivity index is 1.71. The third-order valence-electron chi connectivity index (χ3n) is 7.04. The third kappa shape index (κ3) is 11.2. The fraction of sp³-hybridized carbons (Fsp3) is 0.406. The van der Waals surface area contributed by atoms with Crippen LogP contribution in [0.3, 0.4) is 0 Å². The van der Waals surface area contributed by atoms with Crippen LogP contribution in [0.1, 0.15) is 55.7 Å². The predicted octanol–water partition coefficient (Wildman–Crippen LogP) is 3.48. The highest BCUT2D eigenvalue weighted by Crippen LogP contribution is 2.28. The quantitative estimate of drug-likeness (QED) is 0.136. The first kappa shape index (κ1) is 33.9. The molecule has 3 rings (SSSR count). The van der Waals surface area contributed by atoms with E-state index in [9.17, 15) is 23.5 Å². The zero-order valence-electron chi connectivity index (χ0n) is 24.7. The number of urea groups is 1. The molecule has 43 heavy (non-hydrogen) atoms. The number of hydrogen-bond acceptors (Lipinski definition) is 6. The lowest BCUT2D eigenvalue weighted by atomic mass is 9.84. The Kier molecular flexibility index (Phi) is 14.3. The SMILES string of the molecule is CC(C)CN(C(CO)CCCCNC(=O)C(NC(=O)NCc1ccncc1)C(c1ccccc1)c1ccccc1)S(=O)[O-]. The van der Waals surface area contributed by atoms with Crippen LogP contribution in [0.25, 0.3) is 0 Å². The lowest BCUT2D eigenvalue weighted by Crippen LogP contribution is -2.53. The van der Waals surface area contributed by atoms with Crippen LogP contribution in [0.2, 0.25) is 0 Å². The molecule has 1 aromatic heterocycles. The number of aliphatic hydroxyl groups is 1. The van der Waals surface area contributed by atoms with Crippen LogP contribution in [0.4, 0.5) is 4.79 Å². The molecule has 0 aliphatic carbocycles. The maximum Gasteiger partial charge on any atom is 0.315 e. The lowest BCUT2D eigenvalue weighted by molar-refractivity contribution is -0.123. The molecule has 3 unspecified atom stereocenters. The minimum Gasteiger partial charge on any atom is -0.760 e. The minimum atomic E-state index is -2.43. The highest BCUT2D eigenvalue weighted by molar-refractivity contribution is 7.76. The maximum atomic E-state index is 13.7. The molecular formula is C32H42N5O5S-. The number of aliphatic hydroxyl groups excluding tert-OH is 1. The Hall–Kier alpha value is -3.64. The van der Waals surface area contributed by atoms with Gasteiger partial charge in [-0.25, -0.2) is 9.10 Å². The van der Waals surface area contributed by atoms with Crippen LogP contribution in [0.15, 0.2) is 85.2 Å². The molecule has 3 amide bonds. The molecule has 3 aromatic rings. The lowest BCUT2D eigenvalue weighted by Gasteiger charge is -2.33. The van der Waals surface area contributed by atoms with Crippen molar-refractivity contribution in [1.29, 1.82) is 0 Å². The highest BCUT2D eigenvalue weighted by atomic mass is 32.2. The zero-order chi connectivity index (χ0) is 31.0. The number of carbonyl (C=O) groups is 2. The summed E-state index contributed by atoms with van der Waals surface area (Å²) in [6.07, 6.45) is 4.93. The van der Waals surface area contributed by atoms with Crippen molar-refractivity contribution in [2.45, 2.75) is 57.7 Å². The van der Waals surface area contributed by atoms with E-state index in [2.05, 4.69) is 20.9 Å². The number of nitrogens with one attached hydrogen (secondary N) is 3. The monoisotopic (exact) mass is 608 g/mol. The summed E-state index contributed by atoms with van der Waals surface area (Å²) in [4.78, 5) is 30.8. The number of nitrogens with zero attached hydrogens (tertiary/aromatic N) is 2. The molecule has 11 heteroatoms. The zero-order valence-corrected chi connectivity index (χ0v) is 25.5. The topological polar surface area (TPSA) is 147 Å². The van der Waals surface area contributed by atoms with Gasteiger partial charge in [0.1, 0.15) is 6.04 Å². The van der Waals surface area contributed by atoms with Crippen LogP contribution in [0, 0.1) is 5.92 Å². The van der Waals surface area contributed by atoms with Gasteiger partial charge in [-0.3, -0.25) is 14.0 Å². The second-order valence-electron chi connectivity index (χ2n) is 10.8. The summed E-state index contributed by atoms with van der Waals surface area (Å²) < 4.78 is 24.7. The van der Waals surface area contributed by atoms with Crippen molar-refractivity contribution >= 4 is 23.2 Å². The van der Waals surface area contributed by atoms with Crippen molar-refractivity contribution in [3.05, 3.63) is 102 Å². The normalized spacial score (nSPS) is 13.5. The average molecular weight is 609 g/mol. The Labute approximate surface area is 256 Å². The summed E-state index contributed by atoms with van der Waals surface area (Å²) in [5.41, 5.74) is 2.64. The Morgan fingerprint density at radius 3 is 2.07 bits per heavy atom. The Morgan fingerprint density at radius 1 is 0.930 bits per heavy atom. The molecule has 4 N–H and O–H groups in total. The molecule has 0 radical (unpaired) electrons. The van der Waals surface area contributed by atoms with E-state index in [4.69, 9.17) is 0 Å². The molecule has 0 spiro atoms. The van der Waals surface area contributed by atoms with E-state index < -0.39 is 35.3 Å². The van der Waals surface area contributed by atoms with Gasteiger partial charge in [0, 0.05) is 55.3 Å². The number of carbonyl (C=O) groups excluding carboxylic acids is 2. The summed E-state index contributed by atoms with van der Waals surface area (Å²) in [7, 11) is 0. The summed E-state index contributed by atoms with van der Waals surface area (Å²) in [5, 5.41) is 18.5. The fourth-order valence-corrected chi connectivity index (χ4v) is 5.75. The van der Waals surface area contributed by atoms with Crippen molar-refractivity contribution in [2.75, 3.05) is 19.7 Å². The second-order valence-corrected chi connectivity index (χ2v) is 11.7. The fourth-order valence-electron chi connectivity index (χ4n) is 4.92. The van der Waals surface area contributed by atoms with E-state index >= 15 is 0 Å².